The molecule has 0 aromatic heterocycles. The zero-order chi connectivity index (χ0) is 22.1. The number of amides is 3. The SMILES string of the molecule is Cc1cccc(NC(=O)COc2ccc(/C=N\NC(=O)C(=O)NC(C)C)cc2)c1C. The van der Waals surface area contributed by atoms with Crippen LogP contribution in [0.2, 0.25) is 0 Å². The van der Waals surface area contributed by atoms with Gasteiger partial charge in [-0.2, -0.15) is 5.10 Å². The highest BCUT2D eigenvalue weighted by atomic mass is 16.5. The summed E-state index contributed by atoms with van der Waals surface area (Å²) in [5.41, 5.74) is 5.72. The van der Waals surface area contributed by atoms with Crippen molar-refractivity contribution in [1.82, 2.24) is 10.7 Å². The maximum absolute atomic E-state index is 12.1. The Bertz CT molecular complexity index is 937. The Hall–Kier alpha value is -3.68. The van der Waals surface area contributed by atoms with E-state index in [9.17, 15) is 14.4 Å². The van der Waals surface area contributed by atoms with Crippen molar-refractivity contribution in [3.05, 3.63) is 59.2 Å². The van der Waals surface area contributed by atoms with E-state index in [0.717, 1.165) is 16.8 Å². The van der Waals surface area contributed by atoms with E-state index in [1.165, 1.54) is 6.21 Å². The average molecular weight is 410 g/mol. The van der Waals surface area contributed by atoms with E-state index in [4.69, 9.17) is 4.74 Å². The average Bonchev–Trinajstić information content (AvgIpc) is 2.70. The van der Waals surface area contributed by atoms with Crippen molar-refractivity contribution in [3.8, 4) is 5.75 Å². The van der Waals surface area contributed by atoms with Crippen molar-refractivity contribution in [2.45, 2.75) is 33.7 Å². The van der Waals surface area contributed by atoms with Gasteiger partial charge in [-0.25, -0.2) is 5.43 Å². The predicted octanol–water partition coefficient (Wildman–Crippen LogP) is 2.30. The maximum Gasteiger partial charge on any atom is 0.329 e. The topological polar surface area (TPSA) is 109 Å². The zero-order valence-corrected chi connectivity index (χ0v) is 17.5. The van der Waals surface area contributed by atoms with Crippen LogP contribution < -0.4 is 20.8 Å². The number of nitrogens with zero attached hydrogens (tertiary/aromatic N) is 1. The standard InChI is InChI=1S/C22H26N4O4/c1-14(2)24-21(28)22(29)26-23-12-17-8-10-18(11-9-17)30-13-20(27)25-19-7-5-6-15(3)16(19)4/h5-12,14H,13H2,1-4H3,(H,24,28)(H,25,27)(H,26,29)/b23-12-. The Morgan fingerprint density at radius 2 is 1.73 bits per heavy atom. The van der Waals surface area contributed by atoms with E-state index < -0.39 is 11.8 Å². The fourth-order valence-electron chi connectivity index (χ4n) is 2.42. The third-order valence-corrected chi connectivity index (χ3v) is 4.13. The van der Waals surface area contributed by atoms with Crippen molar-refractivity contribution in [2.24, 2.45) is 5.10 Å². The number of hydrazone groups is 1. The minimum atomic E-state index is -0.838. The van der Waals surface area contributed by atoms with E-state index in [-0.39, 0.29) is 18.6 Å². The first-order chi connectivity index (χ1) is 14.3. The lowest BCUT2D eigenvalue weighted by Crippen LogP contribution is -2.41. The lowest BCUT2D eigenvalue weighted by atomic mass is 10.1. The van der Waals surface area contributed by atoms with Gasteiger partial charge in [-0.1, -0.05) is 12.1 Å². The number of nitrogens with one attached hydrogen (secondary N) is 3. The summed E-state index contributed by atoms with van der Waals surface area (Å²) in [6, 6.07) is 12.4. The normalized spacial score (nSPS) is 10.7. The molecule has 0 saturated heterocycles. The largest absolute Gasteiger partial charge is 0.484 e. The van der Waals surface area contributed by atoms with Crippen molar-refractivity contribution >= 4 is 29.6 Å². The van der Waals surface area contributed by atoms with Gasteiger partial charge in [-0.15, -0.1) is 0 Å². The molecule has 0 aliphatic rings. The molecule has 0 aliphatic heterocycles. The van der Waals surface area contributed by atoms with E-state index in [2.05, 4.69) is 21.2 Å². The molecule has 30 heavy (non-hydrogen) atoms. The molecule has 0 atom stereocenters. The molecule has 2 aromatic carbocycles. The molecule has 2 rings (SSSR count). The highest BCUT2D eigenvalue weighted by Gasteiger charge is 2.12. The van der Waals surface area contributed by atoms with Crippen LogP contribution in [0.3, 0.4) is 0 Å². The number of carbonyl (C=O) groups excluding carboxylic acids is 3. The Morgan fingerprint density at radius 3 is 2.40 bits per heavy atom. The number of ether oxygens (including phenoxy) is 1. The molecular formula is C22H26N4O4. The van der Waals surface area contributed by atoms with Crippen LogP contribution in [0.25, 0.3) is 0 Å². The third-order valence-electron chi connectivity index (χ3n) is 4.13. The Kier molecular flexibility index (Phi) is 8.10. The van der Waals surface area contributed by atoms with Crippen LogP contribution >= 0.6 is 0 Å². The van der Waals surface area contributed by atoms with Crippen LogP contribution in [0.5, 0.6) is 5.75 Å². The number of benzene rings is 2. The second-order valence-electron chi connectivity index (χ2n) is 6.98. The number of rotatable bonds is 7. The summed E-state index contributed by atoms with van der Waals surface area (Å²) >= 11 is 0. The molecule has 8 nitrogen and oxygen atoms in total. The van der Waals surface area contributed by atoms with Gasteiger partial charge in [-0.3, -0.25) is 14.4 Å². The van der Waals surface area contributed by atoms with Gasteiger partial charge in [0.2, 0.25) is 0 Å². The minimum Gasteiger partial charge on any atom is -0.484 e. The van der Waals surface area contributed by atoms with Crippen LogP contribution in [0, 0.1) is 13.8 Å². The molecule has 0 saturated carbocycles. The molecule has 3 amide bonds. The molecule has 0 aliphatic carbocycles. The summed E-state index contributed by atoms with van der Waals surface area (Å²) in [6.45, 7) is 7.32. The fourth-order valence-corrected chi connectivity index (χ4v) is 2.42. The molecular weight excluding hydrogens is 384 g/mol. The molecule has 2 aromatic rings. The summed E-state index contributed by atoms with van der Waals surface area (Å²) in [5, 5.41) is 9.05. The summed E-state index contributed by atoms with van der Waals surface area (Å²) in [6.07, 6.45) is 1.40. The molecule has 0 unspecified atom stereocenters. The smallest absolute Gasteiger partial charge is 0.329 e. The summed E-state index contributed by atoms with van der Waals surface area (Å²) in [5.74, 6) is -1.32. The van der Waals surface area contributed by atoms with Gasteiger partial charge in [0.15, 0.2) is 6.61 Å². The van der Waals surface area contributed by atoms with Gasteiger partial charge in [-0.05, 0) is 74.7 Å². The summed E-state index contributed by atoms with van der Waals surface area (Å²) in [4.78, 5) is 35.1. The molecule has 0 radical (unpaired) electrons. The van der Waals surface area contributed by atoms with Crippen molar-refractivity contribution < 1.29 is 19.1 Å². The van der Waals surface area contributed by atoms with Gasteiger partial charge in [0.25, 0.3) is 5.91 Å². The van der Waals surface area contributed by atoms with E-state index in [1.54, 1.807) is 38.1 Å². The van der Waals surface area contributed by atoms with Gasteiger partial charge in [0.1, 0.15) is 5.75 Å². The van der Waals surface area contributed by atoms with Crippen LogP contribution in [-0.2, 0) is 14.4 Å². The van der Waals surface area contributed by atoms with Gasteiger partial charge in [0, 0.05) is 11.7 Å². The first-order valence-electron chi connectivity index (χ1n) is 9.49. The molecule has 3 N–H and O–H groups in total. The third kappa shape index (κ3) is 7.05. The molecule has 0 fully saturated rings. The van der Waals surface area contributed by atoms with Gasteiger partial charge < -0.3 is 15.4 Å². The quantitative estimate of drug-likeness (QED) is 0.370. The lowest BCUT2D eigenvalue weighted by Gasteiger charge is -2.11. The number of hydrogen-bond acceptors (Lipinski definition) is 5. The Balaban J connectivity index is 1.81. The van der Waals surface area contributed by atoms with Crippen molar-refractivity contribution in [2.75, 3.05) is 11.9 Å². The first kappa shape index (κ1) is 22.6. The van der Waals surface area contributed by atoms with Gasteiger partial charge in [0.05, 0.1) is 6.21 Å². The van der Waals surface area contributed by atoms with Crippen LogP contribution in [0.1, 0.15) is 30.5 Å². The van der Waals surface area contributed by atoms with Crippen molar-refractivity contribution in [1.29, 1.82) is 0 Å². The number of hydrogen-bond donors (Lipinski definition) is 3. The van der Waals surface area contributed by atoms with Gasteiger partial charge >= 0.3 is 11.8 Å². The van der Waals surface area contributed by atoms with E-state index in [0.29, 0.717) is 11.3 Å². The highest BCUT2D eigenvalue weighted by Crippen LogP contribution is 2.18. The molecule has 0 bridgehead atoms. The fraction of sp³-hybridized carbons (Fsp3) is 0.273. The number of aryl methyl sites for hydroxylation is 1. The maximum atomic E-state index is 12.1. The molecule has 8 heteroatoms. The molecule has 0 spiro atoms. The van der Waals surface area contributed by atoms with Crippen LogP contribution in [0.15, 0.2) is 47.6 Å². The highest BCUT2D eigenvalue weighted by molar-refractivity contribution is 6.35. The van der Waals surface area contributed by atoms with E-state index in [1.807, 2.05) is 32.0 Å². The number of anilines is 1. The minimum absolute atomic E-state index is 0.123. The van der Waals surface area contributed by atoms with Crippen molar-refractivity contribution in [3.63, 3.8) is 0 Å². The molecule has 0 heterocycles. The second-order valence-corrected chi connectivity index (χ2v) is 6.98. The summed E-state index contributed by atoms with van der Waals surface area (Å²) in [7, 11) is 0. The lowest BCUT2D eigenvalue weighted by molar-refractivity contribution is -0.139. The number of carbonyl (C=O) groups is 3. The zero-order valence-electron chi connectivity index (χ0n) is 17.5. The monoisotopic (exact) mass is 410 g/mol. The molecule has 158 valence electrons. The van der Waals surface area contributed by atoms with E-state index >= 15 is 0 Å². The second kappa shape index (κ2) is 10.8. The van der Waals surface area contributed by atoms with Crippen LogP contribution in [0.4, 0.5) is 5.69 Å². The van der Waals surface area contributed by atoms with Crippen LogP contribution in [-0.4, -0.2) is 36.6 Å². The predicted molar refractivity (Wildman–Crippen MR) is 115 cm³/mol. The Labute approximate surface area is 175 Å². The summed E-state index contributed by atoms with van der Waals surface area (Å²) < 4.78 is 5.50. The first-order valence-corrected chi connectivity index (χ1v) is 9.49. The Morgan fingerprint density at radius 1 is 1.03 bits per heavy atom.